The van der Waals surface area contributed by atoms with Crippen molar-refractivity contribution in [2.75, 3.05) is 0 Å². The molecule has 4 fully saturated rings. The number of allylic oxidation sites excluding steroid dienone is 1. The molecule has 0 unspecified atom stereocenters. The summed E-state index contributed by atoms with van der Waals surface area (Å²) in [6.45, 7) is 1.84. The Labute approximate surface area is 116 Å². The van der Waals surface area contributed by atoms with Crippen LogP contribution in [0.1, 0.15) is 39.0 Å². The van der Waals surface area contributed by atoms with Gasteiger partial charge in [-0.05, 0) is 61.2 Å². The van der Waals surface area contributed by atoms with E-state index in [0.29, 0.717) is 11.8 Å². The average Bonchev–Trinajstić information content (AvgIpc) is 2.30. The predicted octanol–water partition coefficient (Wildman–Crippen LogP) is 4.02. The summed E-state index contributed by atoms with van der Waals surface area (Å²) in [6, 6.07) is 0. The van der Waals surface area contributed by atoms with E-state index in [1.165, 1.54) is 6.42 Å². The van der Waals surface area contributed by atoms with Crippen LogP contribution < -0.4 is 0 Å². The molecule has 5 heteroatoms. The lowest BCUT2D eigenvalue weighted by Gasteiger charge is -2.59. The number of carbonyl (C=O) groups is 1. The van der Waals surface area contributed by atoms with Crippen LogP contribution in [0.4, 0.5) is 13.2 Å². The van der Waals surface area contributed by atoms with Gasteiger partial charge >= 0.3 is 12.1 Å². The minimum absolute atomic E-state index is 0.218. The molecular weight excluding hydrogens is 269 g/mol. The monoisotopic (exact) mass is 288 g/mol. The van der Waals surface area contributed by atoms with Crippen LogP contribution in [-0.2, 0) is 4.79 Å². The van der Waals surface area contributed by atoms with Gasteiger partial charge in [-0.3, -0.25) is 0 Å². The molecule has 112 valence electrons. The standard InChI is InChI=1S/C15H19F3O2/c1-14(7-12(13(19)20)15(16,17)18)10-3-8-2-9(5-10)6-11(14)4-8/h7-11H,2-6H2,1H3,(H,19,20). The highest BCUT2D eigenvalue weighted by molar-refractivity contribution is 5.88. The van der Waals surface area contributed by atoms with Crippen molar-refractivity contribution in [3.63, 3.8) is 0 Å². The number of rotatable bonds is 2. The fourth-order valence-electron chi connectivity index (χ4n) is 5.01. The molecular formula is C15H19F3O2. The highest BCUT2D eigenvalue weighted by Crippen LogP contribution is 2.63. The van der Waals surface area contributed by atoms with Gasteiger partial charge in [0.15, 0.2) is 0 Å². The molecule has 20 heavy (non-hydrogen) atoms. The lowest BCUT2D eigenvalue weighted by Crippen LogP contribution is -2.51. The molecule has 4 bridgehead atoms. The smallest absolute Gasteiger partial charge is 0.423 e. The Hall–Kier alpha value is -1.00. The lowest BCUT2D eigenvalue weighted by molar-refractivity contribution is -0.146. The van der Waals surface area contributed by atoms with Gasteiger partial charge in [0, 0.05) is 0 Å². The van der Waals surface area contributed by atoms with Crippen molar-refractivity contribution < 1.29 is 23.1 Å². The summed E-state index contributed by atoms with van der Waals surface area (Å²) in [5.74, 6) is -0.116. The topological polar surface area (TPSA) is 37.3 Å². The van der Waals surface area contributed by atoms with E-state index in [-0.39, 0.29) is 11.8 Å². The van der Waals surface area contributed by atoms with Crippen molar-refractivity contribution in [2.24, 2.45) is 29.1 Å². The molecule has 0 amide bonds. The van der Waals surface area contributed by atoms with Crippen LogP contribution in [0, 0.1) is 29.1 Å². The zero-order valence-electron chi connectivity index (χ0n) is 11.4. The second-order valence-electron chi connectivity index (χ2n) is 7.03. The molecule has 0 heterocycles. The summed E-state index contributed by atoms with van der Waals surface area (Å²) < 4.78 is 38.7. The van der Waals surface area contributed by atoms with Gasteiger partial charge in [-0.25, -0.2) is 4.79 Å². The zero-order chi connectivity index (χ0) is 14.7. The third kappa shape index (κ3) is 2.06. The van der Waals surface area contributed by atoms with E-state index in [2.05, 4.69) is 0 Å². The molecule has 4 aliphatic rings. The van der Waals surface area contributed by atoms with E-state index < -0.39 is 23.1 Å². The minimum Gasteiger partial charge on any atom is -0.478 e. The number of halogens is 3. The van der Waals surface area contributed by atoms with Gasteiger partial charge in [-0.1, -0.05) is 13.0 Å². The van der Waals surface area contributed by atoms with Crippen LogP contribution >= 0.6 is 0 Å². The quantitative estimate of drug-likeness (QED) is 0.779. The van der Waals surface area contributed by atoms with E-state index in [4.69, 9.17) is 5.11 Å². The van der Waals surface area contributed by atoms with Crippen LogP contribution in [0.2, 0.25) is 0 Å². The first kappa shape index (κ1) is 14.0. The van der Waals surface area contributed by atoms with E-state index in [1.54, 1.807) is 0 Å². The van der Waals surface area contributed by atoms with Crippen molar-refractivity contribution in [3.8, 4) is 0 Å². The molecule has 2 nitrogen and oxygen atoms in total. The van der Waals surface area contributed by atoms with Gasteiger partial charge in [0.05, 0.1) is 0 Å². The third-order valence-electron chi connectivity index (χ3n) is 5.89. The van der Waals surface area contributed by atoms with E-state index >= 15 is 0 Å². The fourth-order valence-corrected chi connectivity index (χ4v) is 5.01. The number of aliphatic carboxylic acids is 1. The molecule has 0 atom stereocenters. The third-order valence-corrected chi connectivity index (χ3v) is 5.89. The summed E-state index contributed by atoms with van der Waals surface area (Å²) in [5.41, 5.74) is -1.98. The first-order valence-electron chi connectivity index (χ1n) is 7.23. The molecule has 4 rings (SSSR count). The predicted molar refractivity (Wildman–Crippen MR) is 66.9 cm³/mol. The van der Waals surface area contributed by atoms with Gasteiger partial charge in [-0.2, -0.15) is 13.2 Å². The minimum atomic E-state index is -4.77. The molecule has 0 spiro atoms. The number of hydrogen-bond acceptors (Lipinski definition) is 1. The Morgan fingerprint density at radius 2 is 1.55 bits per heavy atom. The van der Waals surface area contributed by atoms with Crippen molar-refractivity contribution in [2.45, 2.75) is 45.2 Å². The molecule has 0 aromatic rings. The summed E-state index contributed by atoms with van der Waals surface area (Å²) in [4.78, 5) is 11.0. The van der Waals surface area contributed by atoms with Crippen LogP contribution in [-0.4, -0.2) is 17.3 Å². The largest absolute Gasteiger partial charge is 0.478 e. The molecule has 0 aliphatic heterocycles. The van der Waals surface area contributed by atoms with E-state index in [0.717, 1.165) is 31.8 Å². The van der Waals surface area contributed by atoms with Crippen molar-refractivity contribution >= 4 is 5.97 Å². The first-order valence-corrected chi connectivity index (χ1v) is 7.23. The van der Waals surface area contributed by atoms with E-state index in [9.17, 15) is 18.0 Å². The summed E-state index contributed by atoms with van der Waals surface area (Å²) >= 11 is 0. The molecule has 0 aromatic heterocycles. The Bertz CT molecular complexity index is 436. The molecule has 0 radical (unpaired) electrons. The maximum atomic E-state index is 12.9. The molecule has 4 saturated carbocycles. The maximum Gasteiger partial charge on any atom is 0.423 e. The summed E-state index contributed by atoms with van der Waals surface area (Å²) in [5, 5.41) is 8.89. The zero-order valence-corrected chi connectivity index (χ0v) is 11.4. The number of alkyl halides is 3. The average molecular weight is 288 g/mol. The Morgan fingerprint density at radius 1 is 1.10 bits per heavy atom. The summed E-state index contributed by atoms with van der Waals surface area (Å²) in [6.07, 6.45) is 1.34. The number of hydrogen-bond donors (Lipinski definition) is 1. The Kier molecular flexibility index (Phi) is 2.96. The van der Waals surface area contributed by atoms with Crippen LogP contribution in [0.5, 0.6) is 0 Å². The molecule has 0 saturated heterocycles. The molecule has 4 aliphatic carbocycles. The van der Waals surface area contributed by atoms with Crippen molar-refractivity contribution in [3.05, 3.63) is 11.6 Å². The fraction of sp³-hybridized carbons (Fsp3) is 0.800. The van der Waals surface area contributed by atoms with Crippen LogP contribution in [0.25, 0.3) is 0 Å². The van der Waals surface area contributed by atoms with Gasteiger partial charge in [0.25, 0.3) is 0 Å². The molecule has 1 N–H and O–H groups in total. The number of carboxylic acids is 1. The summed E-state index contributed by atoms with van der Waals surface area (Å²) in [7, 11) is 0. The van der Waals surface area contributed by atoms with Crippen molar-refractivity contribution in [1.29, 1.82) is 0 Å². The number of carboxylic acid groups (broad SMARTS) is 1. The maximum absolute atomic E-state index is 12.9. The van der Waals surface area contributed by atoms with Crippen molar-refractivity contribution in [1.82, 2.24) is 0 Å². The highest BCUT2D eigenvalue weighted by Gasteiger charge is 2.55. The lowest BCUT2D eigenvalue weighted by atomic mass is 9.46. The van der Waals surface area contributed by atoms with Gasteiger partial charge in [-0.15, -0.1) is 0 Å². The van der Waals surface area contributed by atoms with Gasteiger partial charge in [0.1, 0.15) is 5.57 Å². The first-order chi connectivity index (χ1) is 9.20. The molecule has 0 aromatic carbocycles. The normalized spacial score (nSPS) is 43.9. The Morgan fingerprint density at radius 3 is 1.90 bits per heavy atom. The Balaban J connectivity index is 1.98. The van der Waals surface area contributed by atoms with Crippen LogP contribution in [0.3, 0.4) is 0 Å². The van der Waals surface area contributed by atoms with Crippen LogP contribution in [0.15, 0.2) is 11.6 Å². The van der Waals surface area contributed by atoms with Gasteiger partial charge in [0.2, 0.25) is 0 Å². The second kappa shape index (κ2) is 4.25. The second-order valence-corrected chi connectivity index (χ2v) is 7.03. The highest BCUT2D eigenvalue weighted by atomic mass is 19.4. The SMILES string of the molecule is CC1(C=C(C(=O)O)C(F)(F)F)C2CC3CC(C2)CC1C3. The van der Waals surface area contributed by atoms with Gasteiger partial charge < -0.3 is 5.11 Å². The van der Waals surface area contributed by atoms with E-state index in [1.807, 2.05) is 6.92 Å².